The fraction of sp³-hybridized carbons (Fsp3) is 0.318. The van der Waals surface area contributed by atoms with Crippen molar-refractivity contribution in [3.8, 4) is 0 Å². The highest BCUT2D eigenvalue weighted by Crippen LogP contribution is 2.39. The molecule has 2 aromatic rings. The Bertz CT molecular complexity index is 998. The molecule has 1 fully saturated rings. The summed E-state index contributed by atoms with van der Waals surface area (Å²) in [5.74, 6) is -1.22. The normalized spacial score (nSPS) is 21.5. The molecule has 0 spiro atoms. The third-order valence-corrected chi connectivity index (χ3v) is 5.67. The monoisotopic (exact) mass is 377 g/mol. The highest BCUT2D eigenvalue weighted by molar-refractivity contribution is 6.22. The molecule has 6 nitrogen and oxygen atoms in total. The molecule has 6 heteroatoms. The molecule has 1 N–H and O–H groups in total. The number of benzene rings is 1. The Morgan fingerprint density at radius 3 is 2.39 bits per heavy atom. The maximum atomic E-state index is 12.9. The fourth-order valence-electron chi connectivity index (χ4n) is 4.09. The van der Waals surface area contributed by atoms with Crippen LogP contribution in [-0.4, -0.2) is 22.4 Å². The van der Waals surface area contributed by atoms with E-state index in [9.17, 15) is 14.4 Å². The van der Waals surface area contributed by atoms with E-state index < -0.39 is 0 Å². The molecule has 0 saturated carbocycles. The van der Waals surface area contributed by atoms with Crippen molar-refractivity contribution in [2.45, 2.75) is 33.6 Å². The van der Waals surface area contributed by atoms with Gasteiger partial charge < -0.3 is 0 Å². The van der Waals surface area contributed by atoms with Crippen LogP contribution >= 0.6 is 0 Å². The van der Waals surface area contributed by atoms with Gasteiger partial charge in [-0.05, 0) is 63.9 Å². The van der Waals surface area contributed by atoms with Gasteiger partial charge in [0.2, 0.25) is 11.8 Å². The van der Waals surface area contributed by atoms with Gasteiger partial charge in [-0.1, -0.05) is 17.7 Å². The smallest absolute Gasteiger partial charge is 0.270 e. The van der Waals surface area contributed by atoms with E-state index in [4.69, 9.17) is 0 Å². The van der Waals surface area contributed by atoms with Crippen molar-refractivity contribution >= 4 is 23.4 Å². The molecule has 2 atom stereocenters. The minimum atomic E-state index is -0.293. The van der Waals surface area contributed by atoms with Crippen LogP contribution in [0, 0.1) is 25.7 Å². The molecule has 1 aliphatic carbocycles. The van der Waals surface area contributed by atoms with Gasteiger partial charge in [0, 0.05) is 17.0 Å². The van der Waals surface area contributed by atoms with Gasteiger partial charge in [-0.25, -0.2) is 0 Å². The van der Waals surface area contributed by atoms with E-state index in [1.165, 1.54) is 4.90 Å². The Morgan fingerprint density at radius 1 is 1.00 bits per heavy atom. The molecule has 1 aromatic heterocycles. The zero-order valence-electron chi connectivity index (χ0n) is 16.2. The van der Waals surface area contributed by atoms with Crippen LogP contribution in [0.1, 0.15) is 41.5 Å². The molecule has 0 radical (unpaired) electrons. The number of hydrogen-bond donors (Lipinski definition) is 1. The van der Waals surface area contributed by atoms with Gasteiger partial charge in [0.15, 0.2) is 0 Å². The SMILES string of the molecule is CC1=CC[C@H]2C(=O)N(c3cccc(C(=O)Nn4c(C)ccc4C)c3)C(=O)[C@@H]2C1. The summed E-state index contributed by atoms with van der Waals surface area (Å²) < 4.78 is 1.71. The number of aryl methyl sites for hydroxylation is 2. The molecule has 4 rings (SSSR count). The second-order valence-corrected chi connectivity index (χ2v) is 7.66. The highest BCUT2D eigenvalue weighted by Gasteiger charge is 2.48. The first-order chi connectivity index (χ1) is 13.4. The van der Waals surface area contributed by atoms with Crippen LogP contribution in [0.3, 0.4) is 0 Å². The van der Waals surface area contributed by atoms with Crippen LogP contribution < -0.4 is 10.3 Å². The lowest BCUT2D eigenvalue weighted by atomic mass is 9.82. The predicted molar refractivity (Wildman–Crippen MR) is 107 cm³/mol. The molecule has 144 valence electrons. The number of fused-ring (bicyclic) bond motifs is 1. The standard InChI is InChI=1S/C22H23N3O3/c1-13-7-10-18-19(11-13)22(28)24(21(18)27)17-6-4-5-16(12-17)20(26)23-25-14(2)8-9-15(25)3/h4-9,12,18-19H,10-11H2,1-3H3,(H,23,26)/t18-,19-/m1/s1. The Morgan fingerprint density at radius 2 is 1.68 bits per heavy atom. The van der Waals surface area contributed by atoms with Gasteiger partial charge in [-0.15, -0.1) is 0 Å². The fourth-order valence-corrected chi connectivity index (χ4v) is 4.09. The number of amides is 3. The summed E-state index contributed by atoms with van der Waals surface area (Å²) in [6.07, 6.45) is 3.27. The number of nitrogens with one attached hydrogen (secondary N) is 1. The third-order valence-electron chi connectivity index (χ3n) is 5.67. The Labute approximate surface area is 163 Å². The minimum Gasteiger partial charge on any atom is -0.274 e. The summed E-state index contributed by atoms with van der Waals surface area (Å²) in [4.78, 5) is 39.7. The van der Waals surface area contributed by atoms with Crippen LogP contribution in [0.2, 0.25) is 0 Å². The molecule has 0 bridgehead atoms. The van der Waals surface area contributed by atoms with Gasteiger partial charge in [0.25, 0.3) is 5.91 Å². The number of carbonyl (C=O) groups excluding carboxylic acids is 3. The van der Waals surface area contributed by atoms with Gasteiger partial charge >= 0.3 is 0 Å². The molecule has 1 aromatic carbocycles. The summed E-state index contributed by atoms with van der Waals surface area (Å²) in [6, 6.07) is 10.5. The Hall–Kier alpha value is -3.15. The number of nitrogens with zero attached hydrogens (tertiary/aromatic N) is 2. The number of hydrogen-bond acceptors (Lipinski definition) is 3. The Balaban J connectivity index is 1.60. The molecular formula is C22H23N3O3. The molecule has 2 heterocycles. The van der Waals surface area contributed by atoms with Crippen molar-refractivity contribution in [1.29, 1.82) is 0 Å². The number of aromatic nitrogens is 1. The second-order valence-electron chi connectivity index (χ2n) is 7.66. The van der Waals surface area contributed by atoms with E-state index in [0.717, 1.165) is 17.0 Å². The van der Waals surface area contributed by atoms with Crippen LogP contribution in [-0.2, 0) is 9.59 Å². The van der Waals surface area contributed by atoms with E-state index in [1.54, 1.807) is 28.9 Å². The summed E-state index contributed by atoms with van der Waals surface area (Å²) >= 11 is 0. The summed E-state index contributed by atoms with van der Waals surface area (Å²) in [5, 5.41) is 0. The predicted octanol–water partition coefficient (Wildman–Crippen LogP) is 3.33. The highest BCUT2D eigenvalue weighted by atomic mass is 16.2. The number of carbonyl (C=O) groups is 3. The van der Waals surface area contributed by atoms with E-state index >= 15 is 0 Å². The third kappa shape index (κ3) is 2.95. The average Bonchev–Trinajstić information content (AvgIpc) is 3.12. The van der Waals surface area contributed by atoms with Crippen molar-refractivity contribution in [2.75, 3.05) is 10.3 Å². The van der Waals surface area contributed by atoms with Crippen molar-refractivity contribution in [3.63, 3.8) is 0 Å². The molecule has 0 unspecified atom stereocenters. The van der Waals surface area contributed by atoms with Crippen molar-refractivity contribution in [3.05, 3.63) is 65.0 Å². The first-order valence-electron chi connectivity index (χ1n) is 9.46. The summed E-state index contributed by atoms with van der Waals surface area (Å²) in [5.41, 5.74) is 6.68. The lowest BCUT2D eigenvalue weighted by Gasteiger charge is -2.18. The summed E-state index contributed by atoms with van der Waals surface area (Å²) in [7, 11) is 0. The number of allylic oxidation sites excluding steroid dienone is 2. The number of imide groups is 1. The van der Waals surface area contributed by atoms with Crippen molar-refractivity contribution in [2.24, 2.45) is 11.8 Å². The zero-order chi connectivity index (χ0) is 20.0. The average molecular weight is 377 g/mol. The lowest BCUT2D eigenvalue weighted by molar-refractivity contribution is -0.122. The molecule has 1 aliphatic heterocycles. The van der Waals surface area contributed by atoms with E-state index in [1.807, 2.05) is 39.0 Å². The Kier molecular flexibility index (Phi) is 4.41. The van der Waals surface area contributed by atoms with Gasteiger partial charge in [-0.3, -0.25) is 29.4 Å². The number of rotatable bonds is 3. The largest absolute Gasteiger partial charge is 0.274 e. The molecule has 1 saturated heterocycles. The van der Waals surface area contributed by atoms with Crippen molar-refractivity contribution in [1.82, 2.24) is 4.68 Å². The van der Waals surface area contributed by atoms with Crippen LogP contribution in [0.5, 0.6) is 0 Å². The maximum absolute atomic E-state index is 12.9. The van der Waals surface area contributed by atoms with E-state index in [2.05, 4.69) is 5.43 Å². The van der Waals surface area contributed by atoms with E-state index in [-0.39, 0.29) is 29.6 Å². The first-order valence-corrected chi connectivity index (χ1v) is 9.46. The maximum Gasteiger partial charge on any atom is 0.270 e. The first kappa shape index (κ1) is 18.2. The molecule has 2 aliphatic rings. The molecular weight excluding hydrogens is 354 g/mol. The van der Waals surface area contributed by atoms with Gasteiger partial charge in [0.1, 0.15) is 0 Å². The van der Waals surface area contributed by atoms with Crippen LogP contribution in [0.4, 0.5) is 5.69 Å². The summed E-state index contributed by atoms with van der Waals surface area (Å²) in [6.45, 7) is 5.80. The number of anilines is 1. The molecule has 28 heavy (non-hydrogen) atoms. The lowest BCUT2D eigenvalue weighted by Crippen LogP contribution is -2.31. The van der Waals surface area contributed by atoms with Gasteiger partial charge in [0.05, 0.1) is 17.5 Å². The van der Waals surface area contributed by atoms with Crippen LogP contribution in [0.15, 0.2) is 48.0 Å². The quantitative estimate of drug-likeness (QED) is 0.659. The van der Waals surface area contributed by atoms with Gasteiger partial charge in [-0.2, -0.15) is 0 Å². The minimum absolute atomic E-state index is 0.169. The van der Waals surface area contributed by atoms with Crippen molar-refractivity contribution < 1.29 is 14.4 Å². The van der Waals surface area contributed by atoms with Crippen LogP contribution in [0.25, 0.3) is 0 Å². The topological polar surface area (TPSA) is 71.4 Å². The van der Waals surface area contributed by atoms with E-state index in [0.29, 0.717) is 24.1 Å². The molecule has 3 amide bonds. The zero-order valence-corrected chi connectivity index (χ0v) is 16.2. The second kappa shape index (κ2) is 6.78.